The normalized spacial score (nSPS) is 14.7. The van der Waals surface area contributed by atoms with Crippen molar-refractivity contribution in [2.75, 3.05) is 18.7 Å². The zero-order chi connectivity index (χ0) is 26.2. The van der Waals surface area contributed by atoms with Crippen molar-refractivity contribution in [2.45, 2.75) is 38.5 Å². The van der Waals surface area contributed by atoms with Crippen molar-refractivity contribution in [2.24, 2.45) is 5.10 Å². The third-order valence-corrected chi connectivity index (χ3v) is 6.18. The van der Waals surface area contributed by atoms with E-state index in [0.717, 1.165) is 22.6 Å². The Morgan fingerprint density at radius 1 is 1.05 bits per heavy atom. The van der Waals surface area contributed by atoms with Crippen molar-refractivity contribution in [3.8, 4) is 5.75 Å². The quantitative estimate of drug-likeness (QED) is 0.375. The number of nitrogens with zero attached hydrogens (tertiary/aromatic N) is 2. The predicted molar refractivity (Wildman–Crippen MR) is 144 cm³/mol. The molecule has 0 bridgehead atoms. The van der Waals surface area contributed by atoms with Crippen LogP contribution in [0.4, 0.5) is 5.69 Å². The van der Waals surface area contributed by atoms with Crippen LogP contribution in [-0.4, -0.2) is 48.4 Å². The summed E-state index contributed by atoms with van der Waals surface area (Å²) in [5.41, 5.74) is 3.85. The van der Waals surface area contributed by atoms with Crippen LogP contribution in [0.3, 0.4) is 0 Å². The maximum atomic E-state index is 13.1. The molecule has 2 atom stereocenters. The Labute approximate surface area is 217 Å². The van der Waals surface area contributed by atoms with Crippen molar-refractivity contribution in [3.63, 3.8) is 0 Å². The van der Waals surface area contributed by atoms with Crippen molar-refractivity contribution in [3.05, 3.63) is 95.6 Å². The summed E-state index contributed by atoms with van der Waals surface area (Å²) in [6.45, 7) is 2.66. The summed E-state index contributed by atoms with van der Waals surface area (Å²) in [6.07, 6.45) is -0.0515. The molecule has 0 saturated carbocycles. The number of aliphatic hydroxyl groups excluding tert-OH is 1. The molecule has 0 fully saturated rings. The highest BCUT2D eigenvalue weighted by atomic mass is 16.5. The summed E-state index contributed by atoms with van der Waals surface area (Å²) in [4.78, 5) is 25.2. The van der Waals surface area contributed by atoms with Crippen LogP contribution in [0.15, 0.2) is 84.0 Å². The van der Waals surface area contributed by atoms with Crippen molar-refractivity contribution in [1.29, 1.82) is 0 Å². The second kappa shape index (κ2) is 12.3. The molecule has 3 aromatic carbocycles. The molecule has 1 aliphatic heterocycles. The first-order chi connectivity index (χ1) is 17.9. The van der Waals surface area contributed by atoms with Crippen molar-refractivity contribution >= 4 is 23.2 Å². The minimum absolute atomic E-state index is 0.0952. The molecule has 3 N–H and O–H groups in total. The van der Waals surface area contributed by atoms with Crippen LogP contribution in [0.25, 0.3) is 0 Å². The van der Waals surface area contributed by atoms with Crippen LogP contribution < -0.4 is 20.4 Å². The lowest BCUT2D eigenvalue weighted by Crippen LogP contribution is -2.48. The molecule has 1 aliphatic rings. The van der Waals surface area contributed by atoms with Gasteiger partial charge in [-0.1, -0.05) is 42.5 Å². The third-order valence-electron chi connectivity index (χ3n) is 6.18. The number of carbonyl (C=O) groups is 2. The first-order valence-corrected chi connectivity index (χ1v) is 12.3. The molecule has 192 valence electrons. The second-order valence-electron chi connectivity index (χ2n) is 9.08. The van der Waals surface area contributed by atoms with E-state index in [2.05, 4.69) is 15.7 Å². The van der Waals surface area contributed by atoms with Gasteiger partial charge in [-0.2, -0.15) is 5.10 Å². The highest BCUT2D eigenvalue weighted by molar-refractivity contribution is 6.12. The Morgan fingerprint density at radius 2 is 1.78 bits per heavy atom. The van der Waals surface area contributed by atoms with E-state index >= 15 is 0 Å². The summed E-state index contributed by atoms with van der Waals surface area (Å²) in [5.74, 6) is 0.380. The van der Waals surface area contributed by atoms with E-state index in [0.29, 0.717) is 37.2 Å². The number of nitrogens with one attached hydrogen (secondary N) is 2. The molecular formula is C29H32N4O4. The maximum absolute atomic E-state index is 13.1. The molecular weight excluding hydrogens is 468 g/mol. The number of hydrazone groups is 1. The first-order valence-electron chi connectivity index (χ1n) is 12.3. The molecule has 0 spiro atoms. The Bertz CT molecular complexity index is 1240. The van der Waals surface area contributed by atoms with E-state index in [1.165, 1.54) is 5.01 Å². The molecule has 0 aromatic heterocycles. The lowest BCUT2D eigenvalue weighted by atomic mass is 10.00. The average Bonchev–Trinajstić information content (AvgIpc) is 3.26. The molecule has 2 amide bonds. The third kappa shape index (κ3) is 7.03. The Balaban J connectivity index is 1.41. The van der Waals surface area contributed by atoms with Gasteiger partial charge in [0.2, 0.25) is 0 Å². The number of aliphatic hydroxyl groups is 1. The molecule has 4 rings (SSSR count). The summed E-state index contributed by atoms with van der Waals surface area (Å²) in [7, 11) is 1.63. The molecule has 0 unspecified atom stereocenters. The average molecular weight is 501 g/mol. The van der Waals surface area contributed by atoms with E-state index in [-0.39, 0.29) is 11.8 Å². The number of rotatable bonds is 11. The molecule has 8 heteroatoms. The van der Waals surface area contributed by atoms with Crippen LogP contribution in [0.5, 0.6) is 5.75 Å². The van der Waals surface area contributed by atoms with E-state index in [1.54, 1.807) is 31.4 Å². The van der Waals surface area contributed by atoms with Crippen molar-refractivity contribution < 1.29 is 19.4 Å². The minimum Gasteiger partial charge on any atom is -0.497 e. The van der Waals surface area contributed by atoms with Gasteiger partial charge in [0.15, 0.2) is 0 Å². The fraction of sp³-hybridized carbons (Fsp3) is 0.276. The summed E-state index contributed by atoms with van der Waals surface area (Å²) in [5, 5.41) is 22.9. The van der Waals surface area contributed by atoms with Gasteiger partial charge in [-0.15, -0.1) is 0 Å². The molecule has 0 aliphatic carbocycles. The summed E-state index contributed by atoms with van der Waals surface area (Å²) >= 11 is 0. The molecule has 0 saturated heterocycles. The zero-order valence-electron chi connectivity index (χ0n) is 21.1. The topological polar surface area (TPSA) is 103 Å². The van der Waals surface area contributed by atoms with Gasteiger partial charge >= 0.3 is 0 Å². The summed E-state index contributed by atoms with van der Waals surface area (Å²) in [6, 6.07) is 23.7. The van der Waals surface area contributed by atoms with Crippen LogP contribution >= 0.6 is 0 Å². The maximum Gasteiger partial charge on any atom is 0.253 e. The van der Waals surface area contributed by atoms with Crippen LogP contribution in [0, 0.1) is 0 Å². The van der Waals surface area contributed by atoms with Crippen molar-refractivity contribution in [1.82, 2.24) is 10.6 Å². The van der Waals surface area contributed by atoms with E-state index in [9.17, 15) is 14.7 Å². The lowest BCUT2D eigenvalue weighted by molar-refractivity contribution is -0.116. The number of anilines is 1. The Hall–Kier alpha value is -4.01. The number of benzene rings is 3. The molecule has 0 radical (unpaired) electrons. The van der Waals surface area contributed by atoms with Gasteiger partial charge in [-0.25, -0.2) is 5.01 Å². The smallest absolute Gasteiger partial charge is 0.253 e. The zero-order valence-corrected chi connectivity index (χ0v) is 21.1. The van der Waals surface area contributed by atoms with Gasteiger partial charge in [-0.3, -0.25) is 9.59 Å². The highest BCUT2D eigenvalue weighted by Gasteiger charge is 2.24. The Morgan fingerprint density at radius 3 is 2.46 bits per heavy atom. The number of methoxy groups -OCH3 is 1. The van der Waals surface area contributed by atoms with Crippen LogP contribution in [0.2, 0.25) is 0 Å². The largest absolute Gasteiger partial charge is 0.497 e. The first kappa shape index (κ1) is 26.1. The van der Waals surface area contributed by atoms with Gasteiger partial charge in [0.1, 0.15) is 5.75 Å². The number of ether oxygens (including phenoxy) is 1. The van der Waals surface area contributed by atoms with Gasteiger partial charge in [-0.05, 0) is 60.9 Å². The SMILES string of the molecule is COc1cccc(CNC[C@@H](O)[C@H](Cc2ccccc2)NC(=O)c2ccc(N3N=C(C)CC3=O)cc2)c1. The number of carbonyl (C=O) groups excluding carboxylic acids is 2. The van der Waals surface area contributed by atoms with Gasteiger partial charge in [0.05, 0.1) is 31.4 Å². The Kier molecular flexibility index (Phi) is 8.66. The summed E-state index contributed by atoms with van der Waals surface area (Å²) < 4.78 is 5.27. The predicted octanol–water partition coefficient (Wildman–Crippen LogP) is 3.30. The van der Waals surface area contributed by atoms with Crippen LogP contribution in [0.1, 0.15) is 34.8 Å². The van der Waals surface area contributed by atoms with E-state index in [4.69, 9.17) is 4.74 Å². The van der Waals surface area contributed by atoms with Gasteiger partial charge < -0.3 is 20.5 Å². The fourth-order valence-corrected chi connectivity index (χ4v) is 4.20. The number of hydrogen-bond donors (Lipinski definition) is 3. The highest BCUT2D eigenvalue weighted by Crippen LogP contribution is 2.21. The molecule has 1 heterocycles. The molecule has 37 heavy (non-hydrogen) atoms. The monoisotopic (exact) mass is 500 g/mol. The standard InChI is InChI=1S/C29H32N4O4/c1-20-15-28(35)33(32-20)24-13-11-23(12-14-24)29(36)31-26(17-21-7-4-3-5-8-21)27(34)19-30-18-22-9-6-10-25(16-22)37-2/h3-14,16,26-27,30,34H,15,17-19H2,1-2H3,(H,31,36)/t26-,27+/m0/s1. The number of amides is 2. The lowest BCUT2D eigenvalue weighted by Gasteiger charge is -2.25. The molecule has 3 aromatic rings. The minimum atomic E-state index is -0.825. The van der Waals surface area contributed by atoms with E-state index in [1.807, 2.05) is 61.5 Å². The number of hydrogen-bond acceptors (Lipinski definition) is 6. The fourth-order valence-electron chi connectivity index (χ4n) is 4.20. The van der Waals surface area contributed by atoms with E-state index < -0.39 is 12.1 Å². The second-order valence-corrected chi connectivity index (χ2v) is 9.08. The van der Waals surface area contributed by atoms with Gasteiger partial charge in [0.25, 0.3) is 11.8 Å². The molecule has 8 nitrogen and oxygen atoms in total. The van der Waals surface area contributed by atoms with Crippen LogP contribution in [-0.2, 0) is 17.8 Å². The van der Waals surface area contributed by atoms with Gasteiger partial charge in [0, 0.05) is 24.4 Å².